The molecule has 3 aliphatic rings. The molecule has 26 heavy (non-hydrogen) atoms. The summed E-state index contributed by atoms with van der Waals surface area (Å²) >= 11 is 0. The number of nitrogens with zero attached hydrogens (tertiary/aromatic N) is 1. The molecule has 5 rings (SSSR count). The van der Waals surface area contributed by atoms with Crippen molar-refractivity contribution in [3.05, 3.63) is 35.5 Å². The molecule has 1 amide bonds. The van der Waals surface area contributed by atoms with E-state index in [4.69, 9.17) is 5.84 Å². The van der Waals surface area contributed by atoms with Crippen molar-refractivity contribution in [2.24, 2.45) is 23.6 Å². The average Bonchev–Trinajstić information content (AvgIpc) is 3.01. The highest BCUT2D eigenvalue weighted by Gasteiger charge is 2.48. The third kappa shape index (κ3) is 2.40. The van der Waals surface area contributed by atoms with Crippen molar-refractivity contribution >= 4 is 16.8 Å². The molecule has 2 aliphatic heterocycles. The summed E-state index contributed by atoms with van der Waals surface area (Å²) in [6.07, 6.45) is 3.05. The molecule has 1 saturated carbocycles. The van der Waals surface area contributed by atoms with Gasteiger partial charge in [0.2, 0.25) is 5.91 Å². The maximum Gasteiger partial charge on any atom is 0.239 e. The summed E-state index contributed by atoms with van der Waals surface area (Å²) in [4.78, 5) is 18.5. The number of fused-ring (bicyclic) bond motifs is 5. The van der Waals surface area contributed by atoms with E-state index in [9.17, 15) is 9.90 Å². The Morgan fingerprint density at radius 3 is 3.00 bits per heavy atom. The van der Waals surface area contributed by atoms with E-state index in [2.05, 4.69) is 39.6 Å². The van der Waals surface area contributed by atoms with Crippen molar-refractivity contribution in [3.8, 4) is 0 Å². The molecule has 2 fully saturated rings. The van der Waals surface area contributed by atoms with Gasteiger partial charge in [0.05, 0.1) is 12.0 Å². The van der Waals surface area contributed by atoms with Gasteiger partial charge in [0, 0.05) is 42.1 Å². The molecule has 5 N–H and O–H groups in total. The maximum absolute atomic E-state index is 12.3. The Morgan fingerprint density at radius 1 is 1.31 bits per heavy atom. The van der Waals surface area contributed by atoms with Crippen LogP contribution in [0.4, 0.5) is 0 Å². The Bertz CT molecular complexity index is 847. The van der Waals surface area contributed by atoms with Gasteiger partial charge in [-0.15, -0.1) is 0 Å². The fourth-order valence-corrected chi connectivity index (χ4v) is 5.76. The average molecular weight is 354 g/mol. The van der Waals surface area contributed by atoms with E-state index in [1.165, 1.54) is 22.2 Å². The second kappa shape index (κ2) is 6.08. The minimum Gasteiger partial charge on any atom is -0.392 e. The first-order valence-electron chi connectivity index (χ1n) is 9.66. The highest BCUT2D eigenvalue weighted by atomic mass is 16.3. The normalized spacial score (nSPS) is 34.0. The van der Waals surface area contributed by atoms with E-state index in [1.807, 2.05) is 0 Å². The highest BCUT2D eigenvalue weighted by Crippen LogP contribution is 2.45. The molecule has 5 atom stereocenters. The van der Waals surface area contributed by atoms with Crippen molar-refractivity contribution in [1.82, 2.24) is 15.3 Å². The Morgan fingerprint density at radius 2 is 2.15 bits per heavy atom. The van der Waals surface area contributed by atoms with Crippen molar-refractivity contribution in [2.45, 2.75) is 44.4 Å². The predicted molar refractivity (Wildman–Crippen MR) is 98.9 cm³/mol. The molecule has 0 unspecified atom stereocenters. The first-order valence-corrected chi connectivity index (χ1v) is 9.66. The summed E-state index contributed by atoms with van der Waals surface area (Å²) < 4.78 is 0. The Balaban J connectivity index is 1.45. The molecule has 6 heteroatoms. The largest absolute Gasteiger partial charge is 0.392 e. The minimum atomic E-state index is -0.571. The summed E-state index contributed by atoms with van der Waals surface area (Å²) in [7, 11) is 0. The monoisotopic (exact) mass is 354 g/mol. The van der Waals surface area contributed by atoms with Crippen LogP contribution in [0.15, 0.2) is 24.3 Å². The third-order valence-corrected chi connectivity index (χ3v) is 6.99. The number of aliphatic hydroxyl groups excluding tert-OH is 1. The quantitative estimate of drug-likeness (QED) is 0.353. The number of H-pyrrole nitrogens is 1. The van der Waals surface area contributed by atoms with Crippen LogP contribution in [-0.2, 0) is 17.8 Å². The number of nitrogens with one attached hydrogen (secondary N) is 2. The number of aromatic nitrogens is 1. The second-order valence-corrected chi connectivity index (χ2v) is 8.25. The molecule has 0 radical (unpaired) electrons. The molecule has 0 spiro atoms. The van der Waals surface area contributed by atoms with Gasteiger partial charge in [-0.1, -0.05) is 18.2 Å². The number of piperidine rings is 1. The van der Waals surface area contributed by atoms with Crippen LogP contribution in [0.3, 0.4) is 0 Å². The molecule has 1 aromatic carbocycles. The smallest absolute Gasteiger partial charge is 0.239 e. The van der Waals surface area contributed by atoms with Crippen molar-refractivity contribution in [1.29, 1.82) is 0 Å². The summed E-state index contributed by atoms with van der Waals surface area (Å²) in [5.74, 6) is 5.50. The molecule has 6 nitrogen and oxygen atoms in total. The lowest BCUT2D eigenvalue weighted by atomic mass is 9.64. The van der Waals surface area contributed by atoms with Gasteiger partial charge in [-0.3, -0.25) is 15.1 Å². The number of nitrogens with two attached hydrogens (primary N) is 1. The van der Waals surface area contributed by atoms with E-state index < -0.39 is 6.10 Å². The lowest BCUT2D eigenvalue weighted by Gasteiger charge is -2.51. The SMILES string of the molecule is NNC(=O)[C@@H]1[C@H]2C[C@@H]3Cc4[nH]c5ccccc5c4CN3C[C@@H]2CC[C@@H]1O. The standard InChI is InChI=1S/C20H26N4O2/c21-23-20(26)19-14-7-12-8-17-15(13-3-1-2-4-16(13)22-17)10-24(12)9-11(14)5-6-18(19)25/h1-4,11-12,14,18-19,22,25H,5-10,21H2,(H,23,26)/t11-,12+,14-,18-,19+/m0/s1. The summed E-state index contributed by atoms with van der Waals surface area (Å²) in [5, 5.41) is 11.8. The van der Waals surface area contributed by atoms with Crippen LogP contribution >= 0.6 is 0 Å². The fraction of sp³-hybridized carbons (Fsp3) is 0.550. The molecule has 2 aromatic rings. The van der Waals surface area contributed by atoms with E-state index in [1.54, 1.807) is 0 Å². The number of rotatable bonds is 1. The molecule has 3 heterocycles. The van der Waals surface area contributed by atoms with Crippen LogP contribution < -0.4 is 11.3 Å². The van der Waals surface area contributed by atoms with Crippen LogP contribution in [0.1, 0.15) is 30.5 Å². The molecule has 138 valence electrons. The van der Waals surface area contributed by atoms with E-state index in [0.717, 1.165) is 32.4 Å². The van der Waals surface area contributed by atoms with Crippen molar-refractivity contribution in [2.75, 3.05) is 6.54 Å². The summed E-state index contributed by atoms with van der Waals surface area (Å²) in [5.41, 5.74) is 6.27. The number of carbonyl (C=O) groups is 1. The third-order valence-electron chi connectivity index (χ3n) is 6.99. The van der Waals surface area contributed by atoms with Crippen LogP contribution in [-0.4, -0.2) is 39.6 Å². The Labute approximate surface area is 152 Å². The number of para-hydroxylation sites is 1. The van der Waals surface area contributed by atoms with Gasteiger partial charge in [-0.25, -0.2) is 5.84 Å². The van der Waals surface area contributed by atoms with Gasteiger partial charge in [-0.2, -0.15) is 0 Å². The zero-order chi connectivity index (χ0) is 17.8. The lowest BCUT2D eigenvalue weighted by molar-refractivity contribution is -0.139. The number of aromatic amines is 1. The van der Waals surface area contributed by atoms with Gasteiger partial charge in [0.1, 0.15) is 0 Å². The van der Waals surface area contributed by atoms with Gasteiger partial charge < -0.3 is 10.1 Å². The number of hydrogen-bond donors (Lipinski definition) is 4. The number of benzene rings is 1. The number of aliphatic hydroxyl groups is 1. The van der Waals surface area contributed by atoms with Crippen LogP contribution in [0.5, 0.6) is 0 Å². The summed E-state index contributed by atoms with van der Waals surface area (Å²) in [6, 6.07) is 8.95. The molecule has 1 aliphatic carbocycles. The molecular weight excluding hydrogens is 328 g/mol. The van der Waals surface area contributed by atoms with Crippen LogP contribution in [0, 0.1) is 17.8 Å². The van der Waals surface area contributed by atoms with Crippen LogP contribution in [0.25, 0.3) is 10.9 Å². The Hall–Kier alpha value is -1.89. The van der Waals surface area contributed by atoms with E-state index in [0.29, 0.717) is 18.4 Å². The molecule has 0 bridgehead atoms. The molecule has 1 saturated heterocycles. The van der Waals surface area contributed by atoms with Gasteiger partial charge in [0.15, 0.2) is 0 Å². The van der Waals surface area contributed by atoms with Gasteiger partial charge >= 0.3 is 0 Å². The van der Waals surface area contributed by atoms with Crippen molar-refractivity contribution < 1.29 is 9.90 Å². The van der Waals surface area contributed by atoms with Crippen molar-refractivity contribution in [3.63, 3.8) is 0 Å². The Kier molecular flexibility index (Phi) is 3.81. The second-order valence-electron chi connectivity index (χ2n) is 8.25. The molecular formula is C20H26N4O2. The number of hydrazine groups is 1. The summed E-state index contributed by atoms with van der Waals surface area (Å²) in [6.45, 7) is 1.99. The fourth-order valence-electron chi connectivity index (χ4n) is 5.76. The number of carbonyl (C=O) groups excluding carboxylic acids is 1. The lowest BCUT2D eigenvalue weighted by Crippen LogP contribution is -2.57. The first kappa shape index (κ1) is 16.3. The maximum atomic E-state index is 12.3. The van der Waals surface area contributed by atoms with Gasteiger partial charge in [0.25, 0.3) is 0 Å². The van der Waals surface area contributed by atoms with E-state index in [-0.39, 0.29) is 17.7 Å². The van der Waals surface area contributed by atoms with Crippen LogP contribution in [0.2, 0.25) is 0 Å². The molecule has 1 aromatic heterocycles. The minimum absolute atomic E-state index is 0.206. The number of hydrogen-bond acceptors (Lipinski definition) is 4. The van der Waals surface area contributed by atoms with Gasteiger partial charge in [-0.05, 0) is 42.7 Å². The van der Waals surface area contributed by atoms with E-state index >= 15 is 0 Å². The highest BCUT2D eigenvalue weighted by molar-refractivity contribution is 5.85. The topological polar surface area (TPSA) is 94.4 Å². The first-order chi connectivity index (χ1) is 12.7. The number of amides is 1. The zero-order valence-electron chi connectivity index (χ0n) is 14.8. The zero-order valence-corrected chi connectivity index (χ0v) is 14.8. The predicted octanol–water partition coefficient (Wildman–Crippen LogP) is 1.29.